The average Bonchev–Trinajstić information content (AvgIpc) is 1.98. The standard InChI is InChI=1S/C9H17NO3/c1-5-8(10-7(4)11)9(12)13-6(2)3/h6,8H,5H2,1-4H3,(H,10,11)/t8-/m0/s1. The minimum absolute atomic E-state index is 0.143. The molecule has 0 aliphatic rings. The van der Waals surface area contributed by atoms with Gasteiger partial charge in [0.05, 0.1) is 6.10 Å². The molecule has 4 nitrogen and oxygen atoms in total. The van der Waals surface area contributed by atoms with Gasteiger partial charge in [-0.3, -0.25) is 4.79 Å². The molecular weight excluding hydrogens is 170 g/mol. The fourth-order valence-electron chi connectivity index (χ4n) is 0.887. The number of hydrogen-bond acceptors (Lipinski definition) is 3. The molecule has 0 saturated carbocycles. The van der Waals surface area contributed by atoms with E-state index in [2.05, 4.69) is 5.32 Å². The summed E-state index contributed by atoms with van der Waals surface area (Å²) in [5, 5.41) is 2.52. The number of rotatable bonds is 4. The van der Waals surface area contributed by atoms with Gasteiger partial charge < -0.3 is 10.1 Å². The molecule has 0 fully saturated rings. The molecule has 0 heterocycles. The molecule has 0 aromatic heterocycles. The number of nitrogens with one attached hydrogen (secondary N) is 1. The van der Waals surface area contributed by atoms with Gasteiger partial charge in [0.1, 0.15) is 6.04 Å². The van der Waals surface area contributed by atoms with Crippen LogP contribution < -0.4 is 5.32 Å². The van der Waals surface area contributed by atoms with Gasteiger partial charge in [-0.1, -0.05) is 6.92 Å². The Kier molecular flexibility index (Phi) is 5.11. The quantitative estimate of drug-likeness (QED) is 0.664. The normalized spacial score (nSPS) is 12.4. The molecule has 1 N–H and O–H groups in total. The zero-order valence-corrected chi connectivity index (χ0v) is 8.59. The van der Waals surface area contributed by atoms with Crippen LogP contribution in [-0.4, -0.2) is 24.0 Å². The number of carbonyl (C=O) groups excluding carboxylic acids is 2. The predicted molar refractivity (Wildman–Crippen MR) is 49.1 cm³/mol. The van der Waals surface area contributed by atoms with E-state index in [1.165, 1.54) is 6.92 Å². The highest BCUT2D eigenvalue weighted by Crippen LogP contribution is 1.98. The van der Waals surface area contributed by atoms with Crippen LogP contribution >= 0.6 is 0 Å². The first-order valence-electron chi connectivity index (χ1n) is 4.45. The third-order valence-corrected chi connectivity index (χ3v) is 1.42. The van der Waals surface area contributed by atoms with Crippen LogP contribution in [-0.2, 0) is 14.3 Å². The molecule has 13 heavy (non-hydrogen) atoms. The Bertz CT molecular complexity index is 189. The van der Waals surface area contributed by atoms with E-state index in [0.717, 1.165) is 0 Å². The molecule has 0 aliphatic carbocycles. The van der Waals surface area contributed by atoms with E-state index in [1.807, 2.05) is 6.92 Å². The van der Waals surface area contributed by atoms with E-state index in [1.54, 1.807) is 13.8 Å². The van der Waals surface area contributed by atoms with Gasteiger partial charge in [-0.25, -0.2) is 4.79 Å². The minimum atomic E-state index is -0.514. The van der Waals surface area contributed by atoms with Crippen molar-refractivity contribution >= 4 is 11.9 Å². The van der Waals surface area contributed by atoms with Crippen LogP contribution in [0.15, 0.2) is 0 Å². The van der Waals surface area contributed by atoms with E-state index >= 15 is 0 Å². The van der Waals surface area contributed by atoms with Gasteiger partial charge in [0, 0.05) is 6.92 Å². The molecule has 0 aliphatic heterocycles. The van der Waals surface area contributed by atoms with Gasteiger partial charge in [0.25, 0.3) is 0 Å². The summed E-state index contributed by atoms with van der Waals surface area (Å²) in [6.45, 7) is 6.75. The summed E-state index contributed by atoms with van der Waals surface area (Å²) in [5.41, 5.74) is 0. The SMILES string of the molecule is CC[C@H](NC(C)=O)C(=O)OC(C)C. The van der Waals surface area contributed by atoms with Gasteiger partial charge in [-0.2, -0.15) is 0 Å². The highest BCUT2D eigenvalue weighted by atomic mass is 16.5. The fraction of sp³-hybridized carbons (Fsp3) is 0.778. The zero-order chi connectivity index (χ0) is 10.4. The Morgan fingerprint density at radius 3 is 2.23 bits per heavy atom. The Morgan fingerprint density at radius 2 is 1.92 bits per heavy atom. The van der Waals surface area contributed by atoms with Gasteiger partial charge in [-0.05, 0) is 20.3 Å². The second-order valence-electron chi connectivity index (χ2n) is 3.15. The summed E-state index contributed by atoms with van der Waals surface area (Å²) in [6, 6.07) is -0.514. The summed E-state index contributed by atoms with van der Waals surface area (Å²) < 4.78 is 4.95. The number of ether oxygens (including phenoxy) is 1. The molecule has 1 amide bonds. The molecule has 0 spiro atoms. The summed E-state index contributed by atoms with van der Waals surface area (Å²) in [6.07, 6.45) is 0.404. The second kappa shape index (κ2) is 5.56. The van der Waals surface area contributed by atoms with Crippen molar-refractivity contribution in [2.75, 3.05) is 0 Å². The Morgan fingerprint density at radius 1 is 1.38 bits per heavy atom. The summed E-state index contributed by atoms with van der Waals surface area (Å²) in [4.78, 5) is 22.0. The highest BCUT2D eigenvalue weighted by molar-refractivity contribution is 5.83. The first kappa shape index (κ1) is 11.9. The molecule has 0 unspecified atom stereocenters. The lowest BCUT2D eigenvalue weighted by atomic mass is 10.2. The summed E-state index contributed by atoms with van der Waals surface area (Å²) in [5.74, 6) is -0.583. The van der Waals surface area contributed by atoms with Gasteiger partial charge in [-0.15, -0.1) is 0 Å². The number of carbonyl (C=O) groups is 2. The fourth-order valence-corrected chi connectivity index (χ4v) is 0.887. The van der Waals surface area contributed by atoms with Crippen molar-refractivity contribution in [3.63, 3.8) is 0 Å². The van der Waals surface area contributed by atoms with Gasteiger partial charge in [0.15, 0.2) is 0 Å². The molecule has 0 rings (SSSR count). The maximum absolute atomic E-state index is 11.3. The van der Waals surface area contributed by atoms with Crippen LogP contribution in [0.5, 0.6) is 0 Å². The summed E-state index contributed by atoms with van der Waals surface area (Å²) in [7, 11) is 0. The monoisotopic (exact) mass is 187 g/mol. The van der Waals surface area contributed by atoms with Crippen molar-refractivity contribution in [3.8, 4) is 0 Å². The lowest BCUT2D eigenvalue weighted by molar-refractivity contribution is -0.151. The first-order chi connectivity index (χ1) is 5.97. The van der Waals surface area contributed by atoms with Crippen LogP contribution in [0.4, 0.5) is 0 Å². The summed E-state index contributed by atoms with van der Waals surface area (Å²) >= 11 is 0. The van der Waals surface area contributed by atoms with Gasteiger partial charge in [0.2, 0.25) is 5.91 Å². The number of amides is 1. The van der Waals surface area contributed by atoms with Crippen LogP contribution in [0.25, 0.3) is 0 Å². The van der Waals surface area contributed by atoms with E-state index in [0.29, 0.717) is 6.42 Å². The van der Waals surface area contributed by atoms with E-state index in [9.17, 15) is 9.59 Å². The van der Waals surface area contributed by atoms with Crippen molar-refractivity contribution in [1.82, 2.24) is 5.32 Å². The maximum Gasteiger partial charge on any atom is 0.328 e. The van der Waals surface area contributed by atoms with Crippen molar-refractivity contribution in [1.29, 1.82) is 0 Å². The first-order valence-corrected chi connectivity index (χ1v) is 4.45. The molecule has 1 atom stereocenters. The van der Waals surface area contributed by atoms with E-state index in [-0.39, 0.29) is 18.0 Å². The van der Waals surface area contributed by atoms with Crippen molar-refractivity contribution in [3.05, 3.63) is 0 Å². The molecule has 76 valence electrons. The van der Waals surface area contributed by atoms with Gasteiger partial charge >= 0.3 is 5.97 Å². The van der Waals surface area contributed by atoms with Crippen LogP contribution in [0, 0.1) is 0 Å². The van der Waals surface area contributed by atoms with Crippen molar-refractivity contribution in [2.45, 2.75) is 46.3 Å². The Hall–Kier alpha value is -1.06. The molecule has 0 radical (unpaired) electrons. The van der Waals surface area contributed by atoms with Crippen LogP contribution in [0.2, 0.25) is 0 Å². The zero-order valence-electron chi connectivity index (χ0n) is 8.59. The number of esters is 1. The largest absolute Gasteiger partial charge is 0.461 e. The average molecular weight is 187 g/mol. The lowest BCUT2D eigenvalue weighted by Crippen LogP contribution is -2.41. The third-order valence-electron chi connectivity index (χ3n) is 1.42. The molecule has 0 saturated heterocycles. The van der Waals surface area contributed by atoms with Crippen molar-refractivity contribution in [2.24, 2.45) is 0 Å². The molecular formula is C9H17NO3. The Labute approximate surface area is 78.6 Å². The molecule has 0 aromatic rings. The molecule has 4 heteroatoms. The van der Waals surface area contributed by atoms with Crippen molar-refractivity contribution < 1.29 is 14.3 Å². The molecule has 0 bridgehead atoms. The third kappa shape index (κ3) is 5.22. The highest BCUT2D eigenvalue weighted by Gasteiger charge is 2.19. The second-order valence-corrected chi connectivity index (χ2v) is 3.15. The predicted octanol–water partition coefficient (Wildman–Crippen LogP) is 0.853. The lowest BCUT2D eigenvalue weighted by Gasteiger charge is -2.16. The van der Waals surface area contributed by atoms with E-state index < -0.39 is 6.04 Å². The topological polar surface area (TPSA) is 55.4 Å². The van der Waals surface area contributed by atoms with Crippen LogP contribution in [0.1, 0.15) is 34.1 Å². The minimum Gasteiger partial charge on any atom is -0.461 e. The number of hydrogen-bond donors (Lipinski definition) is 1. The van der Waals surface area contributed by atoms with Crippen LogP contribution in [0.3, 0.4) is 0 Å². The van der Waals surface area contributed by atoms with E-state index in [4.69, 9.17) is 4.74 Å². The smallest absolute Gasteiger partial charge is 0.328 e. The Balaban J connectivity index is 4.07. The molecule has 0 aromatic carbocycles. The maximum atomic E-state index is 11.3.